The maximum atomic E-state index is 13.3. The van der Waals surface area contributed by atoms with Gasteiger partial charge in [0.25, 0.3) is 0 Å². The van der Waals surface area contributed by atoms with Crippen molar-refractivity contribution >= 4 is 88.8 Å². The molecule has 0 radical (unpaired) electrons. The fourth-order valence-electron chi connectivity index (χ4n) is 9.94. The Morgan fingerprint density at radius 2 is 0.743 bits per heavy atom. The van der Waals surface area contributed by atoms with E-state index in [1.807, 2.05) is 0 Å². The summed E-state index contributed by atoms with van der Waals surface area (Å²) in [6, 6.07) is -0.875. The molecule has 4 atom stereocenters. The van der Waals surface area contributed by atoms with Gasteiger partial charge < -0.3 is 83.4 Å². The number of carbonyl (C=O) groups is 10. The van der Waals surface area contributed by atoms with Gasteiger partial charge in [0.15, 0.2) is 0 Å². The number of amides is 9. The number of Topliss-reactive ketones (excluding diaryl/α,β-unsaturated/α-hetero) is 1. The van der Waals surface area contributed by atoms with Gasteiger partial charge in [-0.2, -0.15) is 0 Å². The molecule has 2 heterocycles. The lowest BCUT2D eigenvalue weighted by Gasteiger charge is -2.20. The first kappa shape index (κ1) is 96.6. The van der Waals surface area contributed by atoms with E-state index in [1.54, 1.807) is 42.4 Å². The number of hydrogen-bond acceptors (Lipinski definition) is 27. The zero-order chi connectivity index (χ0) is 76.3. The number of ether oxygens (including phenoxy) is 12. The third kappa shape index (κ3) is 56.4. The van der Waals surface area contributed by atoms with Crippen LogP contribution in [0.25, 0.3) is 0 Å². The Morgan fingerprint density at radius 1 is 0.390 bits per heavy atom. The minimum absolute atomic E-state index is 0.0122. The monoisotopic (exact) mass is 1560 g/mol. The lowest BCUT2D eigenvalue weighted by molar-refractivity contribution is -0.141. The third-order valence-electron chi connectivity index (χ3n) is 15.8. The highest BCUT2D eigenvalue weighted by molar-refractivity contribution is 8.76. The molecule has 3 unspecified atom stereocenters. The van der Waals surface area contributed by atoms with Crippen molar-refractivity contribution in [2.45, 2.75) is 155 Å². The second-order valence-electron chi connectivity index (χ2n) is 24.6. The van der Waals surface area contributed by atoms with E-state index in [1.165, 1.54) is 0 Å². The molecule has 2 aliphatic heterocycles. The molecule has 0 spiro atoms. The molecule has 2 rings (SSSR count). The number of ketones is 1. The first-order valence-electron chi connectivity index (χ1n) is 37.6. The molecule has 0 aromatic carbocycles. The largest absolute Gasteiger partial charge is 0.697 e. The molecule has 0 aliphatic carbocycles. The van der Waals surface area contributed by atoms with Gasteiger partial charge in [-0.15, -0.1) is 9.05 Å². The molecule has 35 heteroatoms. The standard InChI is InChI=1S/C70H124N7O25PS2/c1-4-101-103(88)102-30-14-8-7-11-23-72-63(80)20-31-90-33-35-92-37-39-94-41-43-96-45-47-98-49-51-100-53-52-99-50-48-97-46-44-95-42-40-93-38-36-91-34-32-89-29-15-16-60(78)21-54-104-105-55-22-64(81)73-24-10-5-6-12-26-74-68(85)61(75-65(82)19-28-77-67(84)57-59(3)70(77)87)17-9-13-25-71-62(79)18-27-76-66(83)56-58(2)69(76)86/h58-59,61H,4-57H2,1-3H3,(H4-,71,72,73,74,75,79,80,81,82,85)/p+1/t58?,59?,61-/m1/s1. The number of nitrogens with zero attached hydrogens (tertiary/aromatic N) is 2. The van der Waals surface area contributed by atoms with Crippen LogP contribution in [0.4, 0.5) is 0 Å². The van der Waals surface area contributed by atoms with E-state index in [2.05, 4.69) is 26.6 Å². The van der Waals surface area contributed by atoms with E-state index in [0.29, 0.717) is 261 Å². The zero-order valence-corrected chi connectivity index (χ0v) is 65.3. The number of hydrogen-bond donors (Lipinski definition) is 5. The predicted octanol–water partition coefficient (Wildman–Crippen LogP) is 4.61. The molecular weight excluding hydrogens is 1430 g/mol. The van der Waals surface area contributed by atoms with E-state index in [0.717, 1.165) is 54.7 Å². The van der Waals surface area contributed by atoms with Crippen LogP contribution in [0.15, 0.2) is 0 Å². The van der Waals surface area contributed by atoms with Crippen LogP contribution in [-0.2, 0) is 118 Å². The van der Waals surface area contributed by atoms with Crippen LogP contribution in [0.2, 0.25) is 0 Å². The van der Waals surface area contributed by atoms with Gasteiger partial charge in [-0.25, -0.2) is 0 Å². The van der Waals surface area contributed by atoms with E-state index in [4.69, 9.17) is 65.9 Å². The predicted molar refractivity (Wildman–Crippen MR) is 393 cm³/mol. The Balaban J connectivity index is 1.26. The highest BCUT2D eigenvalue weighted by atomic mass is 33.1. The van der Waals surface area contributed by atoms with Gasteiger partial charge in [0.2, 0.25) is 53.2 Å². The van der Waals surface area contributed by atoms with Crippen molar-refractivity contribution in [1.29, 1.82) is 0 Å². The van der Waals surface area contributed by atoms with E-state index in [9.17, 15) is 52.5 Å². The molecule has 5 N–H and O–H groups in total. The van der Waals surface area contributed by atoms with Gasteiger partial charge in [0.05, 0.1) is 152 Å². The molecule has 0 aromatic rings. The summed E-state index contributed by atoms with van der Waals surface area (Å²) in [5.41, 5.74) is 0. The lowest BCUT2D eigenvalue weighted by Crippen LogP contribution is -2.47. The second-order valence-corrected chi connectivity index (χ2v) is 28.3. The topological polar surface area (TPSA) is 384 Å². The minimum atomic E-state index is -2.01. The van der Waals surface area contributed by atoms with Crippen molar-refractivity contribution in [2.75, 3.05) is 223 Å². The Labute approximate surface area is 630 Å². The smallest absolute Gasteiger partial charge is 0.379 e. The molecule has 2 aliphatic rings. The molecular formula is C70H125N7O25PS2+. The van der Waals surface area contributed by atoms with Crippen molar-refractivity contribution in [3.63, 3.8) is 0 Å². The van der Waals surface area contributed by atoms with Crippen LogP contribution in [0.3, 0.4) is 0 Å². The average molecular weight is 1560 g/mol. The maximum Gasteiger partial charge on any atom is 0.697 e. The highest BCUT2D eigenvalue weighted by Crippen LogP contribution is 2.25. The van der Waals surface area contributed by atoms with Crippen LogP contribution in [0.5, 0.6) is 0 Å². The summed E-state index contributed by atoms with van der Waals surface area (Å²) in [5.74, 6) is -1.76. The molecule has 606 valence electrons. The normalized spacial score (nSPS) is 14.9. The molecule has 32 nitrogen and oxygen atoms in total. The third-order valence-corrected chi connectivity index (χ3v) is 19.0. The van der Waals surface area contributed by atoms with Crippen molar-refractivity contribution in [3.05, 3.63) is 0 Å². The summed E-state index contributed by atoms with van der Waals surface area (Å²) in [5, 5.41) is 14.2. The molecule has 0 bridgehead atoms. The van der Waals surface area contributed by atoms with Crippen molar-refractivity contribution < 1.29 is 118 Å². The molecule has 2 fully saturated rings. The second kappa shape index (κ2) is 68.8. The van der Waals surface area contributed by atoms with E-state index < -0.39 is 26.1 Å². The summed E-state index contributed by atoms with van der Waals surface area (Å²) in [7, 11) is 1.14. The van der Waals surface area contributed by atoms with Gasteiger partial charge >= 0.3 is 8.25 Å². The lowest BCUT2D eigenvalue weighted by atomic mass is 10.1. The van der Waals surface area contributed by atoms with E-state index in [-0.39, 0.29) is 104 Å². The molecule has 0 saturated carbocycles. The van der Waals surface area contributed by atoms with Crippen molar-refractivity contribution in [2.24, 2.45) is 11.8 Å². The molecule has 9 amide bonds. The first-order chi connectivity index (χ1) is 51.1. The summed E-state index contributed by atoms with van der Waals surface area (Å²) < 4.78 is 87.5. The Morgan fingerprint density at radius 3 is 1.15 bits per heavy atom. The number of carbonyl (C=O) groups excluding carboxylic acids is 10. The zero-order valence-electron chi connectivity index (χ0n) is 62.8. The van der Waals surface area contributed by atoms with Gasteiger partial charge in [-0.1, -0.05) is 61.1 Å². The van der Waals surface area contributed by atoms with Gasteiger partial charge in [-0.3, -0.25) is 57.7 Å². The van der Waals surface area contributed by atoms with Crippen LogP contribution in [0, 0.1) is 11.8 Å². The van der Waals surface area contributed by atoms with Crippen molar-refractivity contribution in [3.8, 4) is 0 Å². The average Bonchev–Trinajstić information content (AvgIpc) is 1.71. The maximum absolute atomic E-state index is 13.3. The quantitative estimate of drug-likeness (QED) is 0.0240. The van der Waals surface area contributed by atoms with Gasteiger partial charge in [0.1, 0.15) is 25.0 Å². The van der Waals surface area contributed by atoms with E-state index >= 15 is 0 Å². The summed E-state index contributed by atoms with van der Waals surface area (Å²) in [4.78, 5) is 126. The van der Waals surface area contributed by atoms with Gasteiger partial charge in [0, 0.05) is 125 Å². The summed E-state index contributed by atoms with van der Waals surface area (Å²) in [6.07, 6.45) is 10.2. The van der Waals surface area contributed by atoms with Crippen LogP contribution >= 0.6 is 29.8 Å². The summed E-state index contributed by atoms with van der Waals surface area (Å²) >= 11 is 0. The first-order valence-corrected chi connectivity index (χ1v) is 41.2. The Kier molecular flexibility index (Phi) is 63.3. The summed E-state index contributed by atoms with van der Waals surface area (Å²) in [6.45, 7) is 18.2. The number of likely N-dealkylation sites (tertiary alicyclic amines) is 2. The van der Waals surface area contributed by atoms with Crippen LogP contribution < -0.4 is 26.6 Å². The number of imide groups is 2. The molecule has 105 heavy (non-hydrogen) atoms. The van der Waals surface area contributed by atoms with Crippen LogP contribution in [0.1, 0.15) is 149 Å². The van der Waals surface area contributed by atoms with Crippen molar-refractivity contribution in [1.82, 2.24) is 36.4 Å². The fraction of sp³-hybridized carbons (Fsp3) is 0.857. The van der Waals surface area contributed by atoms with Crippen LogP contribution in [-0.4, -0.2) is 297 Å². The number of nitrogens with one attached hydrogen (secondary N) is 5. The Hall–Kier alpha value is -4.46. The number of unbranched alkanes of at least 4 members (excludes halogenated alkanes) is 7. The number of rotatable bonds is 77. The van der Waals surface area contributed by atoms with Gasteiger partial charge in [-0.05, 0) is 58.3 Å². The molecule has 0 aromatic heterocycles. The molecule has 2 saturated heterocycles. The highest BCUT2D eigenvalue weighted by Gasteiger charge is 2.37. The minimum Gasteiger partial charge on any atom is -0.379 e. The fourth-order valence-corrected chi connectivity index (χ4v) is 12.5. The SMILES string of the molecule is CCO[P+](=O)OCCCCCCNC(=O)CCOCCOCCOCCOCCOCCOCCOCCOCCOCCOCCOCCOCCCC(=O)CCSSCCC(=O)NCCCCCCNC(=O)[C@@H](CCCCNC(=O)CCN1C(=O)CC(C)C1=O)NC(=O)CCN1C(=O)CC(C)C1=O. The Bertz CT molecular complexity index is 2370.